The number of rotatable bonds is 5. The number of anilines is 4. The lowest BCUT2D eigenvalue weighted by atomic mass is 10.2. The lowest BCUT2D eigenvalue weighted by Gasteiger charge is -2.12. The lowest BCUT2D eigenvalue weighted by molar-refractivity contribution is -0.383. The van der Waals surface area contributed by atoms with Crippen LogP contribution in [-0.2, 0) is 6.18 Å². The van der Waals surface area contributed by atoms with Crippen LogP contribution in [0.1, 0.15) is 5.56 Å². The number of hydrogen-bond donors (Lipinski definition) is 2. The van der Waals surface area contributed by atoms with E-state index >= 15 is 0 Å². The van der Waals surface area contributed by atoms with Crippen LogP contribution in [0.2, 0.25) is 15.1 Å². The van der Waals surface area contributed by atoms with Gasteiger partial charge in [0, 0.05) is 11.2 Å². The number of nitro groups is 1. The van der Waals surface area contributed by atoms with E-state index in [-0.39, 0.29) is 28.2 Å². The van der Waals surface area contributed by atoms with Crippen LogP contribution in [-0.4, -0.2) is 19.9 Å². The summed E-state index contributed by atoms with van der Waals surface area (Å²) in [6.07, 6.45) is -3.12. The molecule has 3 aromatic rings. The fourth-order valence-electron chi connectivity index (χ4n) is 2.25. The second-order valence-corrected chi connectivity index (χ2v) is 6.85. The van der Waals surface area contributed by atoms with Gasteiger partial charge in [0.2, 0.25) is 11.6 Å². The van der Waals surface area contributed by atoms with Crippen molar-refractivity contribution in [1.82, 2.24) is 15.0 Å². The third kappa shape index (κ3) is 4.81. The first-order valence-electron chi connectivity index (χ1n) is 7.77. The second kappa shape index (κ2) is 8.46. The SMILES string of the molecule is O=[N+]([O-])c1c(Nc2cc(Cl)ccc2Cl)ncnc1Nc1ncc(C(F)(F)F)cc1Cl. The largest absolute Gasteiger partial charge is 0.417 e. The quantitative estimate of drug-likeness (QED) is 0.329. The molecule has 2 N–H and O–H groups in total. The summed E-state index contributed by atoms with van der Waals surface area (Å²) < 4.78 is 38.3. The van der Waals surface area contributed by atoms with Crippen molar-refractivity contribution in [2.75, 3.05) is 10.6 Å². The molecular formula is C16H8Cl3F3N6O2. The molecule has 0 aliphatic heterocycles. The zero-order chi connectivity index (χ0) is 22.1. The van der Waals surface area contributed by atoms with Crippen LogP contribution in [0.5, 0.6) is 0 Å². The lowest BCUT2D eigenvalue weighted by Crippen LogP contribution is -2.08. The van der Waals surface area contributed by atoms with Gasteiger partial charge < -0.3 is 10.6 Å². The molecule has 0 fully saturated rings. The Bertz CT molecular complexity index is 1130. The highest BCUT2D eigenvalue weighted by molar-refractivity contribution is 6.35. The molecule has 0 unspecified atom stereocenters. The van der Waals surface area contributed by atoms with Crippen LogP contribution in [0.4, 0.5) is 42.0 Å². The van der Waals surface area contributed by atoms with Gasteiger partial charge in [-0.05, 0) is 24.3 Å². The highest BCUT2D eigenvalue weighted by Crippen LogP contribution is 2.37. The summed E-state index contributed by atoms with van der Waals surface area (Å²) in [6.45, 7) is 0. The van der Waals surface area contributed by atoms with E-state index in [9.17, 15) is 23.3 Å². The monoisotopic (exact) mass is 478 g/mol. The summed E-state index contributed by atoms with van der Waals surface area (Å²) in [7, 11) is 0. The molecule has 0 saturated heterocycles. The molecule has 0 radical (unpaired) electrons. The Labute approximate surface area is 181 Å². The number of halogens is 6. The van der Waals surface area contributed by atoms with E-state index in [4.69, 9.17) is 34.8 Å². The van der Waals surface area contributed by atoms with Gasteiger partial charge in [-0.2, -0.15) is 13.2 Å². The van der Waals surface area contributed by atoms with Gasteiger partial charge in [-0.3, -0.25) is 10.1 Å². The van der Waals surface area contributed by atoms with Crippen LogP contribution < -0.4 is 10.6 Å². The molecule has 14 heteroatoms. The molecule has 3 rings (SSSR count). The van der Waals surface area contributed by atoms with Gasteiger partial charge in [0.1, 0.15) is 6.33 Å². The van der Waals surface area contributed by atoms with Crippen molar-refractivity contribution in [3.63, 3.8) is 0 Å². The van der Waals surface area contributed by atoms with E-state index in [0.717, 1.165) is 6.33 Å². The molecule has 30 heavy (non-hydrogen) atoms. The minimum Gasteiger partial charge on any atom is -0.333 e. The topological polar surface area (TPSA) is 106 Å². The predicted octanol–water partition coefficient (Wildman–Crippen LogP) is 6.25. The zero-order valence-electron chi connectivity index (χ0n) is 14.3. The number of pyridine rings is 1. The highest BCUT2D eigenvalue weighted by Gasteiger charge is 2.32. The first-order valence-corrected chi connectivity index (χ1v) is 8.91. The Morgan fingerprint density at radius 2 is 1.60 bits per heavy atom. The van der Waals surface area contributed by atoms with E-state index in [0.29, 0.717) is 17.3 Å². The highest BCUT2D eigenvalue weighted by atomic mass is 35.5. The summed E-state index contributed by atoms with van der Waals surface area (Å²) in [5.41, 5.74) is -1.46. The number of alkyl halides is 3. The summed E-state index contributed by atoms with van der Waals surface area (Å²) in [4.78, 5) is 22.0. The van der Waals surface area contributed by atoms with Gasteiger partial charge in [-0.1, -0.05) is 34.8 Å². The van der Waals surface area contributed by atoms with E-state index in [1.165, 1.54) is 18.2 Å². The fourth-order valence-corrected chi connectivity index (χ4v) is 2.80. The summed E-state index contributed by atoms with van der Waals surface area (Å²) >= 11 is 17.8. The molecule has 8 nitrogen and oxygen atoms in total. The van der Waals surface area contributed by atoms with E-state index in [1.807, 2.05) is 0 Å². The molecule has 0 amide bonds. The third-order valence-corrected chi connectivity index (χ3v) is 4.44. The standard InChI is InChI=1S/C16H8Cl3F3N6O2/c17-8-1-2-9(18)11(4-8)26-14-12(28(29)30)15(25-6-24-14)27-13-10(19)3-7(5-23-13)16(20,21)22/h1-6H,(H2,23,24,25,26,27). The molecule has 156 valence electrons. The molecule has 2 aromatic heterocycles. The van der Waals surface area contributed by atoms with Gasteiger partial charge in [0.15, 0.2) is 5.82 Å². The van der Waals surface area contributed by atoms with Gasteiger partial charge in [-0.15, -0.1) is 0 Å². The van der Waals surface area contributed by atoms with E-state index in [2.05, 4.69) is 25.6 Å². The fraction of sp³-hybridized carbons (Fsp3) is 0.0625. The van der Waals surface area contributed by atoms with Crippen molar-refractivity contribution in [1.29, 1.82) is 0 Å². The van der Waals surface area contributed by atoms with Gasteiger partial charge >= 0.3 is 11.9 Å². The average Bonchev–Trinajstić information content (AvgIpc) is 2.65. The molecule has 1 aromatic carbocycles. The van der Waals surface area contributed by atoms with Crippen LogP contribution in [0.3, 0.4) is 0 Å². The molecule has 2 heterocycles. The molecule has 0 aliphatic carbocycles. The molecule has 0 aliphatic rings. The maximum absolute atomic E-state index is 12.8. The Balaban J connectivity index is 1.99. The van der Waals surface area contributed by atoms with Gasteiger partial charge in [0.25, 0.3) is 0 Å². The molecule has 0 spiro atoms. The van der Waals surface area contributed by atoms with Crippen molar-refractivity contribution < 1.29 is 18.1 Å². The minimum atomic E-state index is -4.65. The molecule has 0 atom stereocenters. The van der Waals surface area contributed by atoms with Crippen molar-refractivity contribution in [2.45, 2.75) is 6.18 Å². The summed E-state index contributed by atoms with van der Waals surface area (Å²) in [5.74, 6) is -0.868. The van der Waals surface area contributed by atoms with Crippen LogP contribution in [0.25, 0.3) is 0 Å². The zero-order valence-corrected chi connectivity index (χ0v) is 16.6. The number of benzene rings is 1. The number of hydrogen-bond acceptors (Lipinski definition) is 7. The Morgan fingerprint density at radius 1 is 0.933 bits per heavy atom. The summed E-state index contributed by atoms with van der Waals surface area (Å²) in [5, 5.41) is 16.9. The maximum atomic E-state index is 12.8. The molecule has 0 saturated carbocycles. The van der Waals surface area contributed by atoms with Crippen LogP contribution >= 0.6 is 34.8 Å². The molecule has 0 bridgehead atoms. The predicted molar refractivity (Wildman–Crippen MR) is 106 cm³/mol. The maximum Gasteiger partial charge on any atom is 0.417 e. The Morgan fingerprint density at radius 3 is 2.20 bits per heavy atom. The van der Waals surface area contributed by atoms with Crippen molar-refractivity contribution in [3.8, 4) is 0 Å². The van der Waals surface area contributed by atoms with Gasteiger partial charge in [0.05, 0.1) is 26.2 Å². The Hall–Kier alpha value is -2.89. The van der Waals surface area contributed by atoms with E-state index < -0.39 is 27.4 Å². The van der Waals surface area contributed by atoms with Crippen molar-refractivity contribution in [2.24, 2.45) is 0 Å². The van der Waals surface area contributed by atoms with Crippen molar-refractivity contribution >= 4 is 63.6 Å². The minimum absolute atomic E-state index is 0.217. The van der Waals surface area contributed by atoms with Crippen molar-refractivity contribution in [3.05, 3.63) is 67.5 Å². The van der Waals surface area contributed by atoms with E-state index in [1.54, 1.807) is 0 Å². The average molecular weight is 480 g/mol. The number of nitrogens with one attached hydrogen (secondary N) is 2. The van der Waals surface area contributed by atoms with Crippen LogP contribution in [0, 0.1) is 10.1 Å². The second-order valence-electron chi connectivity index (χ2n) is 5.60. The summed E-state index contributed by atoms with van der Waals surface area (Å²) in [6, 6.07) is 5.06. The smallest absolute Gasteiger partial charge is 0.333 e. The Kier molecular flexibility index (Phi) is 6.15. The third-order valence-electron chi connectivity index (χ3n) is 3.59. The van der Waals surface area contributed by atoms with Gasteiger partial charge in [-0.25, -0.2) is 15.0 Å². The number of aromatic nitrogens is 3. The normalized spacial score (nSPS) is 11.3. The first kappa shape index (κ1) is 21.8. The van der Waals surface area contributed by atoms with Crippen LogP contribution in [0.15, 0.2) is 36.8 Å². The number of nitrogens with zero attached hydrogens (tertiary/aromatic N) is 4. The first-order chi connectivity index (χ1) is 14.1. The molecular weight excluding hydrogens is 472 g/mol.